The van der Waals surface area contributed by atoms with Gasteiger partial charge < -0.3 is 10.9 Å². The Morgan fingerprint density at radius 2 is 2.00 bits per heavy atom. The van der Waals surface area contributed by atoms with Crippen LogP contribution in [0.5, 0.6) is 0 Å². The number of hydrogen-bond acceptors (Lipinski definition) is 4. The van der Waals surface area contributed by atoms with Crippen LogP contribution in [-0.2, 0) is 6.54 Å². The summed E-state index contributed by atoms with van der Waals surface area (Å²) in [6.07, 6.45) is 0. The van der Waals surface area contributed by atoms with Crippen LogP contribution >= 0.6 is 11.6 Å². The molecule has 0 aliphatic rings. The summed E-state index contributed by atoms with van der Waals surface area (Å²) >= 11 is 5.81. The first-order chi connectivity index (χ1) is 9.10. The van der Waals surface area contributed by atoms with Crippen LogP contribution in [-0.4, -0.2) is 20.8 Å². The average Bonchev–Trinajstić information content (AvgIpc) is 2.42. The van der Waals surface area contributed by atoms with Crippen LogP contribution in [0.2, 0.25) is 5.02 Å². The molecule has 6 nitrogen and oxygen atoms in total. The standard InChI is InChI=1S/C12H11ClN4O2/c13-9-3-1-8(2-4-9)10-5-6-12(18)17(15-10)7-11(14)16-19/h1-6,19H,7H2,(H2,14,16). The molecule has 0 fully saturated rings. The maximum Gasteiger partial charge on any atom is 0.267 e. The number of amidine groups is 1. The van der Waals surface area contributed by atoms with E-state index >= 15 is 0 Å². The van der Waals surface area contributed by atoms with Crippen molar-refractivity contribution in [2.24, 2.45) is 10.9 Å². The van der Waals surface area contributed by atoms with Crippen molar-refractivity contribution in [1.29, 1.82) is 0 Å². The van der Waals surface area contributed by atoms with Crippen molar-refractivity contribution in [2.75, 3.05) is 0 Å². The van der Waals surface area contributed by atoms with E-state index in [2.05, 4.69) is 10.3 Å². The second-order valence-electron chi connectivity index (χ2n) is 3.81. The molecular formula is C12H11ClN4O2. The van der Waals surface area contributed by atoms with Crippen LogP contribution in [0.3, 0.4) is 0 Å². The van der Waals surface area contributed by atoms with Gasteiger partial charge in [0.2, 0.25) is 0 Å². The minimum absolute atomic E-state index is 0.0727. The summed E-state index contributed by atoms with van der Waals surface area (Å²) in [7, 11) is 0. The highest BCUT2D eigenvalue weighted by Gasteiger charge is 2.05. The van der Waals surface area contributed by atoms with Crippen LogP contribution in [0.4, 0.5) is 0 Å². The molecule has 0 bridgehead atoms. The van der Waals surface area contributed by atoms with E-state index in [9.17, 15) is 4.79 Å². The number of rotatable bonds is 3. The van der Waals surface area contributed by atoms with Crippen LogP contribution in [0.1, 0.15) is 0 Å². The number of halogens is 1. The Hall–Kier alpha value is -2.34. The third kappa shape index (κ3) is 3.11. The number of hydrogen-bond donors (Lipinski definition) is 2. The zero-order chi connectivity index (χ0) is 13.8. The van der Waals surface area contributed by atoms with E-state index in [4.69, 9.17) is 22.5 Å². The van der Waals surface area contributed by atoms with Gasteiger partial charge in [-0.2, -0.15) is 5.10 Å². The van der Waals surface area contributed by atoms with Gasteiger partial charge in [0.05, 0.1) is 5.69 Å². The van der Waals surface area contributed by atoms with Gasteiger partial charge >= 0.3 is 0 Å². The van der Waals surface area contributed by atoms with Gasteiger partial charge in [0.15, 0.2) is 5.84 Å². The number of nitrogens with zero attached hydrogens (tertiary/aromatic N) is 3. The summed E-state index contributed by atoms with van der Waals surface area (Å²) in [4.78, 5) is 11.6. The number of benzene rings is 1. The molecule has 7 heteroatoms. The van der Waals surface area contributed by atoms with Crippen molar-refractivity contribution < 1.29 is 5.21 Å². The van der Waals surface area contributed by atoms with E-state index in [1.54, 1.807) is 30.3 Å². The molecule has 1 heterocycles. The predicted octanol–water partition coefficient (Wildman–Crippen LogP) is 1.31. The first kappa shape index (κ1) is 13.1. The molecule has 0 aliphatic heterocycles. The Balaban J connectivity index is 2.40. The van der Waals surface area contributed by atoms with Gasteiger partial charge in [-0.15, -0.1) is 0 Å². The lowest BCUT2D eigenvalue weighted by atomic mass is 10.1. The number of nitrogens with two attached hydrogens (primary N) is 1. The molecule has 1 aromatic carbocycles. The van der Waals surface area contributed by atoms with E-state index in [1.807, 2.05) is 0 Å². The first-order valence-corrected chi connectivity index (χ1v) is 5.78. The van der Waals surface area contributed by atoms with Crippen molar-refractivity contribution in [3.63, 3.8) is 0 Å². The second kappa shape index (κ2) is 5.53. The topological polar surface area (TPSA) is 93.5 Å². The normalized spacial score (nSPS) is 11.5. The van der Waals surface area contributed by atoms with Crippen LogP contribution < -0.4 is 11.3 Å². The summed E-state index contributed by atoms with van der Waals surface area (Å²) in [6, 6.07) is 10.0. The highest BCUT2D eigenvalue weighted by atomic mass is 35.5. The maximum absolute atomic E-state index is 11.6. The lowest BCUT2D eigenvalue weighted by molar-refractivity contribution is 0.315. The summed E-state index contributed by atoms with van der Waals surface area (Å²) in [5.41, 5.74) is 6.45. The van der Waals surface area contributed by atoms with Crippen molar-refractivity contribution in [1.82, 2.24) is 9.78 Å². The molecule has 0 aliphatic carbocycles. The molecule has 0 spiro atoms. The van der Waals surface area contributed by atoms with Crippen molar-refractivity contribution in [3.8, 4) is 11.3 Å². The second-order valence-corrected chi connectivity index (χ2v) is 4.25. The molecular weight excluding hydrogens is 268 g/mol. The molecule has 98 valence electrons. The molecule has 0 atom stereocenters. The molecule has 2 aromatic rings. The van der Waals surface area contributed by atoms with Gasteiger partial charge in [0, 0.05) is 16.7 Å². The highest BCUT2D eigenvalue weighted by molar-refractivity contribution is 6.30. The average molecular weight is 279 g/mol. The Kier molecular flexibility index (Phi) is 3.82. The van der Waals surface area contributed by atoms with Crippen LogP contribution in [0.15, 0.2) is 46.3 Å². The molecule has 3 N–H and O–H groups in total. The van der Waals surface area contributed by atoms with Gasteiger partial charge in [-0.1, -0.05) is 28.9 Å². The van der Waals surface area contributed by atoms with Gasteiger partial charge in [0.1, 0.15) is 6.54 Å². The van der Waals surface area contributed by atoms with Crippen LogP contribution in [0, 0.1) is 0 Å². The molecule has 0 radical (unpaired) electrons. The summed E-state index contributed by atoms with van der Waals surface area (Å²) in [5.74, 6) is -0.0946. The fourth-order valence-corrected chi connectivity index (χ4v) is 1.65. The third-order valence-electron chi connectivity index (χ3n) is 2.45. The van der Waals surface area contributed by atoms with Crippen molar-refractivity contribution >= 4 is 17.4 Å². The Morgan fingerprint density at radius 3 is 2.63 bits per heavy atom. The zero-order valence-corrected chi connectivity index (χ0v) is 10.6. The van der Waals surface area contributed by atoms with Crippen molar-refractivity contribution in [2.45, 2.75) is 6.54 Å². The molecule has 0 saturated carbocycles. The van der Waals surface area contributed by atoms with Gasteiger partial charge in [0.25, 0.3) is 5.56 Å². The summed E-state index contributed by atoms with van der Waals surface area (Å²) < 4.78 is 1.12. The lowest BCUT2D eigenvalue weighted by Crippen LogP contribution is -2.29. The summed E-state index contributed by atoms with van der Waals surface area (Å²) in [5, 5.41) is 16.1. The molecule has 19 heavy (non-hydrogen) atoms. The van der Waals surface area contributed by atoms with Crippen LogP contribution in [0.25, 0.3) is 11.3 Å². The zero-order valence-electron chi connectivity index (χ0n) is 9.82. The van der Waals surface area contributed by atoms with E-state index in [-0.39, 0.29) is 17.9 Å². The SMILES string of the molecule is N/C(Cn1nc(-c2ccc(Cl)cc2)ccc1=O)=N\O. The monoisotopic (exact) mass is 278 g/mol. The van der Waals surface area contributed by atoms with E-state index in [0.717, 1.165) is 10.2 Å². The van der Waals surface area contributed by atoms with E-state index < -0.39 is 0 Å². The molecule has 1 aromatic heterocycles. The predicted molar refractivity (Wildman–Crippen MR) is 72.4 cm³/mol. The number of aromatic nitrogens is 2. The summed E-state index contributed by atoms with van der Waals surface area (Å²) in [6.45, 7) is -0.0727. The maximum atomic E-state index is 11.6. The molecule has 0 unspecified atom stereocenters. The Morgan fingerprint density at radius 1 is 1.32 bits per heavy atom. The van der Waals surface area contributed by atoms with Gasteiger partial charge in [-0.3, -0.25) is 4.79 Å². The largest absolute Gasteiger partial charge is 0.409 e. The smallest absolute Gasteiger partial charge is 0.267 e. The molecule has 0 amide bonds. The fourth-order valence-electron chi connectivity index (χ4n) is 1.52. The minimum Gasteiger partial charge on any atom is -0.409 e. The van der Waals surface area contributed by atoms with Gasteiger partial charge in [-0.05, 0) is 18.2 Å². The van der Waals surface area contributed by atoms with E-state index in [0.29, 0.717) is 10.7 Å². The Bertz CT molecular complexity index is 664. The fraction of sp³-hybridized carbons (Fsp3) is 0.0833. The quantitative estimate of drug-likeness (QED) is 0.383. The molecule has 2 rings (SSSR count). The first-order valence-electron chi connectivity index (χ1n) is 5.40. The minimum atomic E-state index is -0.329. The third-order valence-corrected chi connectivity index (χ3v) is 2.70. The van der Waals surface area contributed by atoms with Crippen molar-refractivity contribution in [3.05, 3.63) is 51.8 Å². The highest BCUT2D eigenvalue weighted by Crippen LogP contribution is 2.18. The molecule has 0 saturated heterocycles. The Labute approximate surface area is 113 Å². The lowest BCUT2D eigenvalue weighted by Gasteiger charge is -2.06. The van der Waals surface area contributed by atoms with Gasteiger partial charge in [-0.25, -0.2) is 4.68 Å². The van der Waals surface area contributed by atoms with E-state index in [1.165, 1.54) is 6.07 Å². The number of oxime groups is 1.